The summed E-state index contributed by atoms with van der Waals surface area (Å²) in [7, 11) is -1.53. The smallest absolute Gasteiger partial charge is 0.163 e. The van der Waals surface area contributed by atoms with E-state index < -0.39 is 13.9 Å². The number of nitrogen functional groups attached to an aromatic ring is 1. The van der Waals surface area contributed by atoms with E-state index in [4.69, 9.17) is 17.3 Å². The van der Waals surface area contributed by atoms with Crippen LogP contribution in [0.25, 0.3) is 0 Å². The average molecular weight is 242 g/mol. The Balaban J connectivity index is 3.25. The lowest BCUT2D eigenvalue weighted by atomic mass is 10.2. The normalized spacial score (nSPS) is 10.7. The molecular formula is C11H13ClFNSi. The van der Waals surface area contributed by atoms with E-state index in [0.717, 1.165) is 0 Å². The number of rotatable bonds is 0. The van der Waals surface area contributed by atoms with Crippen LogP contribution in [0.5, 0.6) is 0 Å². The summed E-state index contributed by atoms with van der Waals surface area (Å²) in [5.74, 6) is 2.27. The third kappa shape index (κ3) is 3.26. The van der Waals surface area contributed by atoms with Crippen molar-refractivity contribution in [3.05, 3.63) is 28.5 Å². The van der Waals surface area contributed by atoms with Crippen molar-refractivity contribution in [1.82, 2.24) is 0 Å². The Morgan fingerprint density at radius 3 is 2.47 bits per heavy atom. The van der Waals surface area contributed by atoms with Crippen LogP contribution < -0.4 is 5.73 Å². The van der Waals surface area contributed by atoms with E-state index in [1.165, 1.54) is 6.07 Å². The summed E-state index contributed by atoms with van der Waals surface area (Å²) in [4.78, 5) is 0. The molecule has 0 bridgehead atoms. The number of hydrogen-bond acceptors (Lipinski definition) is 1. The fourth-order valence-electron chi connectivity index (χ4n) is 0.933. The van der Waals surface area contributed by atoms with Crippen LogP contribution in [0, 0.1) is 17.3 Å². The topological polar surface area (TPSA) is 26.0 Å². The van der Waals surface area contributed by atoms with E-state index in [2.05, 4.69) is 31.1 Å². The molecule has 0 unspecified atom stereocenters. The lowest BCUT2D eigenvalue weighted by Crippen LogP contribution is -2.16. The van der Waals surface area contributed by atoms with Crippen LogP contribution in [0.15, 0.2) is 12.1 Å². The van der Waals surface area contributed by atoms with E-state index in [-0.39, 0.29) is 11.3 Å². The van der Waals surface area contributed by atoms with Crippen molar-refractivity contribution in [2.24, 2.45) is 0 Å². The molecule has 0 saturated carbocycles. The number of halogens is 2. The minimum Gasteiger partial charge on any atom is -0.396 e. The second kappa shape index (κ2) is 4.26. The van der Waals surface area contributed by atoms with Crippen molar-refractivity contribution < 1.29 is 4.39 Å². The fraction of sp³-hybridized carbons (Fsp3) is 0.273. The Bertz CT molecular complexity index is 440. The molecule has 0 aliphatic heterocycles. The van der Waals surface area contributed by atoms with Gasteiger partial charge in [-0.25, -0.2) is 4.39 Å². The maximum absolute atomic E-state index is 13.5. The summed E-state index contributed by atoms with van der Waals surface area (Å²) in [6.45, 7) is 6.24. The van der Waals surface area contributed by atoms with Crippen molar-refractivity contribution in [2.45, 2.75) is 19.6 Å². The van der Waals surface area contributed by atoms with E-state index in [1.54, 1.807) is 6.07 Å². The monoisotopic (exact) mass is 241 g/mol. The molecule has 1 nitrogen and oxygen atoms in total. The maximum Gasteiger partial charge on any atom is 0.163 e. The predicted octanol–water partition coefficient (Wildman–Crippen LogP) is 3.29. The zero-order chi connectivity index (χ0) is 11.6. The van der Waals surface area contributed by atoms with Gasteiger partial charge in [-0.05, 0) is 12.1 Å². The number of benzene rings is 1. The molecule has 2 N–H and O–H groups in total. The third-order valence-electron chi connectivity index (χ3n) is 1.68. The van der Waals surface area contributed by atoms with Gasteiger partial charge in [0.1, 0.15) is 8.07 Å². The summed E-state index contributed by atoms with van der Waals surface area (Å²) in [5, 5.41) is 0.312. The van der Waals surface area contributed by atoms with Gasteiger partial charge in [0, 0.05) is 0 Å². The zero-order valence-electron chi connectivity index (χ0n) is 8.99. The molecule has 0 aliphatic rings. The quantitative estimate of drug-likeness (QED) is 0.421. The molecule has 0 amide bonds. The lowest BCUT2D eigenvalue weighted by Gasteiger charge is -2.05. The third-order valence-corrected chi connectivity index (χ3v) is 2.87. The SMILES string of the molecule is C[Si](C)(C)C#Cc1c(Cl)ccc(N)c1F. The molecule has 0 atom stereocenters. The first-order valence-corrected chi connectivity index (χ1v) is 8.46. The van der Waals surface area contributed by atoms with Crippen LogP contribution in [0.1, 0.15) is 5.56 Å². The van der Waals surface area contributed by atoms with Crippen LogP contribution in [-0.4, -0.2) is 8.07 Å². The maximum atomic E-state index is 13.5. The molecule has 0 saturated heterocycles. The molecule has 15 heavy (non-hydrogen) atoms. The van der Waals surface area contributed by atoms with Gasteiger partial charge >= 0.3 is 0 Å². The highest BCUT2D eigenvalue weighted by molar-refractivity contribution is 6.83. The van der Waals surface area contributed by atoms with Crippen LogP contribution in [0.3, 0.4) is 0 Å². The van der Waals surface area contributed by atoms with Gasteiger partial charge in [-0.15, -0.1) is 5.54 Å². The largest absolute Gasteiger partial charge is 0.396 e. The molecule has 1 aromatic carbocycles. The Labute approximate surface area is 95.4 Å². The standard InChI is InChI=1S/C11H13ClFNSi/c1-15(2,3)7-6-8-9(12)4-5-10(14)11(8)13/h4-5H,14H2,1-3H3. The molecule has 0 heterocycles. The van der Waals surface area contributed by atoms with E-state index >= 15 is 0 Å². The lowest BCUT2D eigenvalue weighted by molar-refractivity contribution is 0.629. The molecule has 80 valence electrons. The Morgan fingerprint density at radius 1 is 1.33 bits per heavy atom. The van der Waals surface area contributed by atoms with Gasteiger partial charge in [0.15, 0.2) is 5.82 Å². The minimum atomic E-state index is -1.53. The molecule has 4 heteroatoms. The van der Waals surface area contributed by atoms with Gasteiger partial charge in [-0.2, -0.15) is 0 Å². The van der Waals surface area contributed by atoms with Crippen molar-refractivity contribution >= 4 is 25.4 Å². The van der Waals surface area contributed by atoms with Gasteiger partial charge in [-0.1, -0.05) is 37.2 Å². The highest BCUT2D eigenvalue weighted by atomic mass is 35.5. The summed E-state index contributed by atoms with van der Waals surface area (Å²) < 4.78 is 13.5. The van der Waals surface area contributed by atoms with Crippen molar-refractivity contribution in [3.63, 3.8) is 0 Å². The molecule has 0 aromatic heterocycles. The van der Waals surface area contributed by atoms with Gasteiger partial charge in [0.25, 0.3) is 0 Å². The molecule has 0 fully saturated rings. The van der Waals surface area contributed by atoms with Crippen LogP contribution >= 0.6 is 11.6 Å². The van der Waals surface area contributed by atoms with Gasteiger partial charge in [-0.3, -0.25) is 0 Å². The van der Waals surface area contributed by atoms with Gasteiger partial charge < -0.3 is 5.73 Å². The second-order valence-electron chi connectivity index (χ2n) is 4.33. The Morgan fingerprint density at radius 2 is 1.93 bits per heavy atom. The first-order valence-electron chi connectivity index (χ1n) is 4.58. The second-order valence-corrected chi connectivity index (χ2v) is 9.48. The number of hydrogen-bond donors (Lipinski definition) is 1. The summed E-state index contributed by atoms with van der Waals surface area (Å²) in [5.41, 5.74) is 8.78. The van der Waals surface area contributed by atoms with E-state index in [0.29, 0.717) is 5.02 Å². The van der Waals surface area contributed by atoms with Crippen LogP contribution in [-0.2, 0) is 0 Å². The first-order chi connectivity index (χ1) is 6.81. The Kier molecular flexibility index (Phi) is 3.43. The van der Waals surface area contributed by atoms with Crippen molar-refractivity contribution in [2.75, 3.05) is 5.73 Å². The summed E-state index contributed by atoms with van der Waals surface area (Å²) in [6, 6.07) is 3.01. The minimum absolute atomic E-state index is 0.0827. The van der Waals surface area contributed by atoms with Crippen LogP contribution in [0.2, 0.25) is 24.7 Å². The van der Waals surface area contributed by atoms with Gasteiger partial charge in [0.05, 0.1) is 16.3 Å². The van der Waals surface area contributed by atoms with E-state index in [1.807, 2.05) is 0 Å². The molecule has 0 aliphatic carbocycles. The fourth-order valence-corrected chi connectivity index (χ4v) is 1.63. The highest BCUT2D eigenvalue weighted by Gasteiger charge is 2.11. The molecular weight excluding hydrogens is 229 g/mol. The predicted molar refractivity (Wildman–Crippen MR) is 66.0 cm³/mol. The number of nitrogens with two attached hydrogens (primary N) is 1. The molecule has 1 rings (SSSR count). The highest BCUT2D eigenvalue weighted by Crippen LogP contribution is 2.22. The summed E-state index contributed by atoms with van der Waals surface area (Å²) >= 11 is 5.85. The number of anilines is 1. The van der Waals surface area contributed by atoms with Crippen molar-refractivity contribution in [1.29, 1.82) is 0 Å². The van der Waals surface area contributed by atoms with E-state index in [9.17, 15) is 4.39 Å². The zero-order valence-corrected chi connectivity index (χ0v) is 10.7. The average Bonchev–Trinajstić information content (AvgIpc) is 2.10. The molecule has 0 spiro atoms. The molecule has 0 radical (unpaired) electrons. The molecule has 1 aromatic rings. The van der Waals surface area contributed by atoms with Gasteiger partial charge in [0.2, 0.25) is 0 Å². The van der Waals surface area contributed by atoms with Crippen LogP contribution in [0.4, 0.5) is 10.1 Å². The van der Waals surface area contributed by atoms with Crippen molar-refractivity contribution in [3.8, 4) is 11.5 Å². The summed E-state index contributed by atoms with van der Waals surface area (Å²) in [6.07, 6.45) is 0. The first kappa shape index (κ1) is 12.1. The Hall–Kier alpha value is -0.983.